The van der Waals surface area contributed by atoms with Crippen LogP contribution in [0.15, 0.2) is 15.9 Å². The smallest absolute Gasteiger partial charge is 0.225 e. The molecule has 76 valence electrons. The van der Waals surface area contributed by atoms with E-state index in [1.54, 1.807) is 16.2 Å². The molecule has 1 amide bonds. The Morgan fingerprint density at radius 1 is 1.71 bits per heavy atom. The van der Waals surface area contributed by atoms with Gasteiger partial charge < -0.3 is 10.0 Å². The Hall–Kier alpha value is -0.390. The average Bonchev–Trinajstić information content (AvgIpc) is 2.62. The van der Waals surface area contributed by atoms with Gasteiger partial charge in [-0.3, -0.25) is 4.79 Å². The topological polar surface area (TPSA) is 40.5 Å². The molecule has 1 aromatic rings. The van der Waals surface area contributed by atoms with Gasteiger partial charge in [0.15, 0.2) is 0 Å². The zero-order valence-corrected chi connectivity index (χ0v) is 9.84. The molecule has 2 rings (SSSR count). The second kappa shape index (κ2) is 4.00. The van der Waals surface area contributed by atoms with E-state index in [9.17, 15) is 9.90 Å². The van der Waals surface area contributed by atoms with Crippen molar-refractivity contribution in [1.82, 2.24) is 4.90 Å². The Labute approximate surface area is 94.5 Å². The molecular weight excluding hydrogens is 266 g/mol. The minimum absolute atomic E-state index is 0.0396. The van der Waals surface area contributed by atoms with Crippen molar-refractivity contribution in [2.75, 3.05) is 6.54 Å². The van der Waals surface area contributed by atoms with E-state index in [0.29, 0.717) is 13.1 Å². The fraction of sp³-hybridized carbons (Fsp3) is 0.444. The van der Waals surface area contributed by atoms with Crippen molar-refractivity contribution >= 4 is 33.2 Å². The summed E-state index contributed by atoms with van der Waals surface area (Å²) in [5, 5.41) is 11.3. The van der Waals surface area contributed by atoms with E-state index >= 15 is 0 Å². The lowest BCUT2D eigenvalue weighted by atomic mass is 10.3. The summed E-state index contributed by atoms with van der Waals surface area (Å²) in [7, 11) is 0. The Balaban J connectivity index is 2.05. The molecule has 14 heavy (non-hydrogen) atoms. The van der Waals surface area contributed by atoms with Gasteiger partial charge in [-0.25, -0.2) is 0 Å². The van der Waals surface area contributed by atoms with Crippen LogP contribution in [0.5, 0.6) is 0 Å². The highest BCUT2D eigenvalue weighted by atomic mass is 79.9. The lowest BCUT2D eigenvalue weighted by molar-refractivity contribution is -0.128. The highest BCUT2D eigenvalue weighted by Gasteiger charge is 2.28. The van der Waals surface area contributed by atoms with Crippen LogP contribution in [0.4, 0.5) is 0 Å². The number of β-amino-alcohol motifs (C(OH)–C–C–N with tert-alkyl or cyclic N) is 1. The number of aliphatic hydroxyl groups is 1. The first-order valence-electron chi connectivity index (χ1n) is 4.34. The number of amides is 1. The van der Waals surface area contributed by atoms with Gasteiger partial charge in [-0.05, 0) is 27.4 Å². The number of nitrogens with zero attached hydrogens (tertiary/aromatic N) is 1. The van der Waals surface area contributed by atoms with Crippen LogP contribution in [0.2, 0.25) is 0 Å². The fourth-order valence-electron chi connectivity index (χ4n) is 1.52. The molecule has 1 unspecified atom stereocenters. The van der Waals surface area contributed by atoms with Crippen molar-refractivity contribution in [3.8, 4) is 0 Å². The summed E-state index contributed by atoms with van der Waals surface area (Å²) in [5.74, 6) is 0.0396. The van der Waals surface area contributed by atoms with E-state index in [-0.39, 0.29) is 12.3 Å². The zero-order chi connectivity index (χ0) is 10.1. The normalized spacial score (nSPS) is 22.0. The van der Waals surface area contributed by atoms with E-state index in [2.05, 4.69) is 15.9 Å². The molecule has 0 bridgehead atoms. The molecule has 0 aromatic carbocycles. The number of thiophene rings is 1. The maximum Gasteiger partial charge on any atom is 0.225 e. The van der Waals surface area contributed by atoms with Crippen LogP contribution in [-0.2, 0) is 11.3 Å². The van der Waals surface area contributed by atoms with Crippen molar-refractivity contribution in [2.45, 2.75) is 19.1 Å². The Kier molecular flexibility index (Phi) is 2.90. The third-order valence-corrected chi connectivity index (χ3v) is 4.13. The maximum atomic E-state index is 11.4. The summed E-state index contributed by atoms with van der Waals surface area (Å²) < 4.78 is 1.04. The third kappa shape index (κ3) is 1.99. The minimum atomic E-state index is -0.485. The molecule has 1 saturated heterocycles. The molecule has 1 aromatic heterocycles. The van der Waals surface area contributed by atoms with Crippen molar-refractivity contribution in [2.24, 2.45) is 0 Å². The van der Waals surface area contributed by atoms with Crippen LogP contribution in [-0.4, -0.2) is 28.6 Å². The number of aliphatic hydroxyl groups excluding tert-OH is 1. The second-order valence-electron chi connectivity index (χ2n) is 3.32. The maximum absolute atomic E-state index is 11.4. The van der Waals surface area contributed by atoms with Crippen LogP contribution in [0.3, 0.4) is 0 Å². The van der Waals surface area contributed by atoms with Crippen LogP contribution in [0, 0.1) is 0 Å². The Morgan fingerprint density at radius 3 is 3.00 bits per heavy atom. The van der Waals surface area contributed by atoms with Gasteiger partial charge in [-0.1, -0.05) is 0 Å². The van der Waals surface area contributed by atoms with Crippen molar-refractivity contribution in [1.29, 1.82) is 0 Å². The molecule has 1 aliphatic heterocycles. The Morgan fingerprint density at radius 2 is 2.50 bits per heavy atom. The predicted molar refractivity (Wildman–Crippen MR) is 58.1 cm³/mol. The van der Waals surface area contributed by atoms with E-state index in [1.165, 1.54) is 0 Å². The number of carbonyl (C=O) groups excluding carboxylic acids is 1. The monoisotopic (exact) mass is 275 g/mol. The molecule has 0 radical (unpaired) electrons. The largest absolute Gasteiger partial charge is 0.391 e. The number of halogens is 1. The van der Waals surface area contributed by atoms with Crippen molar-refractivity contribution < 1.29 is 9.90 Å². The minimum Gasteiger partial charge on any atom is -0.391 e. The molecule has 1 N–H and O–H groups in total. The van der Waals surface area contributed by atoms with Gasteiger partial charge >= 0.3 is 0 Å². The number of rotatable bonds is 2. The lowest BCUT2D eigenvalue weighted by Crippen LogP contribution is -2.24. The molecule has 1 aliphatic rings. The summed E-state index contributed by atoms with van der Waals surface area (Å²) in [6, 6.07) is 1.97. The number of hydrogen-bond donors (Lipinski definition) is 1. The van der Waals surface area contributed by atoms with Crippen LogP contribution in [0.25, 0.3) is 0 Å². The molecule has 1 fully saturated rings. The summed E-state index contributed by atoms with van der Waals surface area (Å²) in [5.41, 5.74) is 0. The summed E-state index contributed by atoms with van der Waals surface area (Å²) in [6.45, 7) is 1.07. The molecule has 1 atom stereocenters. The van der Waals surface area contributed by atoms with E-state index in [0.717, 1.165) is 9.35 Å². The molecule has 3 nitrogen and oxygen atoms in total. The number of likely N-dealkylation sites (tertiary alicyclic amines) is 1. The van der Waals surface area contributed by atoms with Crippen LogP contribution >= 0.6 is 27.3 Å². The van der Waals surface area contributed by atoms with Gasteiger partial charge in [0.2, 0.25) is 5.91 Å². The first-order chi connectivity index (χ1) is 6.66. The van der Waals surface area contributed by atoms with E-state index in [1.807, 2.05) is 11.4 Å². The molecule has 0 spiro atoms. The molecule has 0 aliphatic carbocycles. The standard InChI is InChI=1S/C9H10BrNO2S/c10-7-1-2-14-8(7)5-11-4-6(12)3-9(11)13/h1-2,6,12H,3-5H2. The van der Waals surface area contributed by atoms with E-state index in [4.69, 9.17) is 0 Å². The van der Waals surface area contributed by atoms with Crippen LogP contribution < -0.4 is 0 Å². The molecule has 5 heteroatoms. The molecule has 0 saturated carbocycles. The summed E-state index contributed by atoms with van der Waals surface area (Å²) in [4.78, 5) is 14.2. The van der Waals surface area contributed by atoms with Gasteiger partial charge in [0, 0.05) is 15.9 Å². The average molecular weight is 276 g/mol. The number of hydrogen-bond acceptors (Lipinski definition) is 3. The summed E-state index contributed by atoms with van der Waals surface area (Å²) in [6.07, 6.45) is -0.218. The number of carbonyl (C=O) groups is 1. The van der Waals surface area contributed by atoms with Gasteiger partial charge in [0.05, 0.1) is 19.1 Å². The summed E-state index contributed by atoms with van der Waals surface area (Å²) >= 11 is 5.04. The second-order valence-corrected chi connectivity index (χ2v) is 5.18. The highest BCUT2D eigenvalue weighted by Crippen LogP contribution is 2.25. The van der Waals surface area contributed by atoms with Gasteiger partial charge in [-0.15, -0.1) is 11.3 Å². The van der Waals surface area contributed by atoms with Crippen molar-refractivity contribution in [3.05, 3.63) is 20.8 Å². The van der Waals surface area contributed by atoms with E-state index < -0.39 is 6.10 Å². The van der Waals surface area contributed by atoms with Crippen molar-refractivity contribution in [3.63, 3.8) is 0 Å². The zero-order valence-electron chi connectivity index (χ0n) is 7.44. The van der Waals surface area contributed by atoms with Gasteiger partial charge in [-0.2, -0.15) is 0 Å². The van der Waals surface area contributed by atoms with Gasteiger partial charge in [0.1, 0.15) is 0 Å². The SMILES string of the molecule is O=C1CC(O)CN1Cc1sccc1Br. The lowest BCUT2D eigenvalue weighted by Gasteiger charge is -2.14. The predicted octanol–water partition coefficient (Wildman–Crippen LogP) is 1.60. The first kappa shape index (κ1) is 10.1. The van der Waals surface area contributed by atoms with Crippen LogP contribution in [0.1, 0.15) is 11.3 Å². The fourth-order valence-corrected chi connectivity index (χ4v) is 3.01. The van der Waals surface area contributed by atoms with Gasteiger partial charge in [0.25, 0.3) is 0 Å². The first-order valence-corrected chi connectivity index (χ1v) is 6.02. The molecule has 2 heterocycles. The Bertz CT molecular complexity index is 352. The quantitative estimate of drug-likeness (QED) is 0.891. The highest BCUT2D eigenvalue weighted by molar-refractivity contribution is 9.10. The molecular formula is C9H10BrNO2S. The third-order valence-electron chi connectivity index (χ3n) is 2.22.